The van der Waals surface area contributed by atoms with Crippen LogP contribution in [0.1, 0.15) is 62.4 Å². The van der Waals surface area contributed by atoms with Gasteiger partial charge in [0, 0.05) is 11.5 Å². The second-order valence-corrected chi connectivity index (χ2v) is 8.97. The molecule has 0 radical (unpaired) electrons. The Bertz CT molecular complexity index is 983. The largest absolute Gasteiger partial charge is 0.497 e. The van der Waals surface area contributed by atoms with Crippen LogP contribution in [0.5, 0.6) is 5.75 Å². The van der Waals surface area contributed by atoms with Crippen LogP contribution in [0, 0.1) is 11.3 Å². The highest BCUT2D eigenvalue weighted by Crippen LogP contribution is 2.45. The van der Waals surface area contributed by atoms with Crippen molar-refractivity contribution in [1.82, 2.24) is 4.90 Å². The van der Waals surface area contributed by atoms with E-state index < -0.39 is 5.41 Å². The predicted molar refractivity (Wildman–Crippen MR) is 126 cm³/mol. The van der Waals surface area contributed by atoms with Gasteiger partial charge in [-0.05, 0) is 63.4 Å². The summed E-state index contributed by atoms with van der Waals surface area (Å²) in [7, 11) is 1.56. The summed E-state index contributed by atoms with van der Waals surface area (Å²) < 4.78 is 10.6. The van der Waals surface area contributed by atoms with Crippen molar-refractivity contribution in [3.63, 3.8) is 0 Å². The van der Waals surface area contributed by atoms with Crippen LogP contribution in [0.25, 0.3) is 0 Å². The van der Waals surface area contributed by atoms with Gasteiger partial charge >= 0.3 is 5.97 Å². The van der Waals surface area contributed by atoms with Crippen LogP contribution >= 0.6 is 0 Å². The molecule has 2 amide bonds. The second-order valence-electron chi connectivity index (χ2n) is 8.97. The maximum absolute atomic E-state index is 13.3. The van der Waals surface area contributed by atoms with Crippen LogP contribution in [0.3, 0.4) is 0 Å². The summed E-state index contributed by atoms with van der Waals surface area (Å²) in [5, 5.41) is 0. The van der Waals surface area contributed by atoms with Gasteiger partial charge in [0.15, 0.2) is 0 Å². The second kappa shape index (κ2) is 10.2. The molecule has 1 aliphatic heterocycles. The number of β-lactam (4-membered cyclic amide) rings is 1. The van der Waals surface area contributed by atoms with Gasteiger partial charge in [-0.1, -0.05) is 37.3 Å². The quantitative estimate of drug-likeness (QED) is 0.310. The zero-order valence-electron chi connectivity index (χ0n) is 20.0. The summed E-state index contributed by atoms with van der Waals surface area (Å²) in [6.07, 6.45) is 1.12. The van der Waals surface area contributed by atoms with Crippen LogP contribution in [-0.4, -0.2) is 42.4 Å². The molecule has 6 nitrogen and oxygen atoms in total. The molecule has 6 heteroatoms. The van der Waals surface area contributed by atoms with E-state index in [1.807, 2.05) is 51.1 Å². The van der Waals surface area contributed by atoms with Crippen LogP contribution in [0.15, 0.2) is 54.6 Å². The van der Waals surface area contributed by atoms with Crippen molar-refractivity contribution in [3.05, 3.63) is 65.7 Å². The fourth-order valence-electron chi connectivity index (χ4n) is 4.68. The van der Waals surface area contributed by atoms with Crippen molar-refractivity contribution in [2.24, 2.45) is 11.3 Å². The Morgan fingerprint density at radius 1 is 1.03 bits per heavy atom. The van der Waals surface area contributed by atoms with Crippen molar-refractivity contribution in [1.29, 1.82) is 0 Å². The molecule has 0 aromatic heterocycles. The van der Waals surface area contributed by atoms with E-state index in [4.69, 9.17) is 9.47 Å². The first-order valence-electron chi connectivity index (χ1n) is 11.5. The van der Waals surface area contributed by atoms with E-state index >= 15 is 0 Å². The minimum atomic E-state index is -0.830. The van der Waals surface area contributed by atoms with Crippen molar-refractivity contribution in [2.45, 2.75) is 52.5 Å². The van der Waals surface area contributed by atoms with Crippen LogP contribution in [0.4, 0.5) is 0 Å². The molecule has 1 fully saturated rings. The summed E-state index contributed by atoms with van der Waals surface area (Å²) in [4.78, 5) is 40.5. The Morgan fingerprint density at radius 2 is 1.67 bits per heavy atom. The molecule has 1 unspecified atom stereocenters. The zero-order valence-corrected chi connectivity index (χ0v) is 20.0. The zero-order chi connectivity index (χ0) is 24.2. The van der Waals surface area contributed by atoms with Gasteiger partial charge in [-0.25, -0.2) is 0 Å². The van der Waals surface area contributed by atoms with Gasteiger partial charge in [0.1, 0.15) is 5.75 Å². The molecule has 0 N–H and O–H groups in total. The van der Waals surface area contributed by atoms with Crippen molar-refractivity contribution >= 4 is 17.8 Å². The van der Waals surface area contributed by atoms with Gasteiger partial charge in [0.05, 0.1) is 31.1 Å². The average molecular weight is 452 g/mol. The van der Waals surface area contributed by atoms with Crippen LogP contribution < -0.4 is 4.74 Å². The minimum Gasteiger partial charge on any atom is -0.497 e. The van der Waals surface area contributed by atoms with Gasteiger partial charge in [-0.3, -0.25) is 19.3 Å². The average Bonchev–Trinajstić information content (AvgIpc) is 2.82. The molecular formula is C27H33NO5. The number of carbonyl (C=O) groups excluding carboxylic acids is 3. The molecule has 0 bridgehead atoms. The number of esters is 1. The molecule has 3 atom stereocenters. The number of imide groups is 1. The maximum atomic E-state index is 13.3. The minimum absolute atomic E-state index is 0.163. The molecule has 2 aromatic carbocycles. The standard InChI is InChI=1S/C27H33NO5/c1-6-21-23(28(25(21)30)24(29)19-13-15-20(32-5)16-14-19)17-22(18-11-9-8-10-12-18)27(3,4)26(31)33-7-2/h8-16,21-23H,6-7,17H2,1-5H3/t21-,22?,23-/m1/s1. The number of rotatable bonds is 9. The van der Waals surface area contributed by atoms with E-state index in [-0.39, 0.29) is 35.7 Å². The van der Waals surface area contributed by atoms with Crippen molar-refractivity contribution in [3.8, 4) is 5.75 Å². The number of benzene rings is 2. The highest BCUT2D eigenvalue weighted by Gasteiger charge is 2.52. The van der Waals surface area contributed by atoms with Crippen LogP contribution in [-0.2, 0) is 14.3 Å². The summed E-state index contributed by atoms with van der Waals surface area (Å²) in [6, 6.07) is 16.2. The number of methoxy groups -OCH3 is 1. The lowest BCUT2D eigenvalue weighted by Gasteiger charge is -2.48. The SMILES string of the molecule is CCOC(=O)C(C)(C)C(C[C@@H]1[C@@H](CC)C(=O)N1C(=O)c1ccc(OC)cc1)c1ccccc1. The monoisotopic (exact) mass is 451 g/mol. The summed E-state index contributed by atoms with van der Waals surface area (Å²) in [5.74, 6) is -0.606. The third-order valence-corrected chi connectivity index (χ3v) is 6.70. The highest BCUT2D eigenvalue weighted by atomic mass is 16.5. The van der Waals surface area contributed by atoms with E-state index in [1.165, 1.54) is 4.90 Å². The molecule has 0 saturated carbocycles. The molecule has 176 valence electrons. The Labute approximate surface area is 195 Å². The number of hydrogen-bond donors (Lipinski definition) is 0. The number of ether oxygens (including phenoxy) is 2. The molecule has 1 saturated heterocycles. The topological polar surface area (TPSA) is 72.9 Å². The Morgan fingerprint density at radius 3 is 2.21 bits per heavy atom. The normalized spacial score (nSPS) is 18.9. The van der Waals surface area contributed by atoms with E-state index in [1.54, 1.807) is 38.3 Å². The Kier molecular flexibility index (Phi) is 7.57. The van der Waals surface area contributed by atoms with Gasteiger partial charge in [-0.15, -0.1) is 0 Å². The van der Waals surface area contributed by atoms with E-state index in [9.17, 15) is 14.4 Å². The molecule has 0 spiro atoms. The number of likely N-dealkylation sites (tertiary alicyclic amines) is 1. The molecule has 3 rings (SSSR count). The summed E-state index contributed by atoms with van der Waals surface area (Å²) >= 11 is 0. The van der Waals surface area contributed by atoms with E-state index in [2.05, 4.69) is 0 Å². The van der Waals surface area contributed by atoms with Gasteiger partial charge in [0.2, 0.25) is 5.91 Å². The van der Waals surface area contributed by atoms with E-state index in [0.29, 0.717) is 30.8 Å². The first-order valence-corrected chi connectivity index (χ1v) is 11.5. The maximum Gasteiger partial charge on any atom is 0.312 e. The fourth-order valence-corrected chi connectivity index (χ4v) is 4.68. The van der Waals surface area contributed by atoms with E-state index in [0.717, 1.165) is 5.56 Å². The Hall–Kier alpha value is -3.15. The number of nitrogens with zero attached hydrogens (tertiary/aromatic N) is 1. The molecule has 2 aromatic rings. The lowest BCUT2D eigenvalue weighted by molar-refractivity contribution is -0.157. The summed E-state index contributed by atoms with van der Waals surface area (Å²) in [6.45, 7) is 7.79. The third kappa shape index (κ3) is 4.80. The Balaban J connectivity index is 1.94. The molecule has 1 heterocycles. The number of hydrogen-bond acceptors (Lipinski definition) is 5. The van der Waals surface area contributed by atoms with Crippen molar-refractivity contribution < 1.29 is 23.9 Å². The lowest BCUT2D eigenvalue weighted by Crippen LogP contribution is -2.63. The highest BCUT2D eigenvalue weighted by molar-refractivity contribution is 6.09. The molecule has 0 aliphatic carbocycles. The third-order valence-electron chi connectivity index (χ3n) is 6.70. The first kappa shape index (κ1) is 24.5. The number of carbonyl (C=O) groups is 3. The first-order chi connectivity index (χ1) is 15.8. The van der Waals surface area contributed by atoms with Gasteiger partial charge < -0.3 is 9.47 Å². The molecular weight excluding hydrogens is 418 g/mol. The predicted octanol–water partition coefficient (Wildman–Crippen LogP) is 4.84. The smallest absolute Gasteiger partial charge is 0.312 e. The fraction of sp³-hybridized carbons (Fsp3) is 0.444. The van der Waals surface area contributed by atoms with Gasteiger partial charge in [-0.2, -0.15) is 0 Å². The lowest BCUT2D eigenvalue weighted by atomic mass is 9.68. The molecule has 1 aliphatic rings. The van der Waals surface area contributed by atoms with Crippen LogP contribution in [0.2, 0.25) is 0 Å². The number of amides is 2. The van der Waals surface area contributed by atoms with Gasteiger partial charge in [0.25, 0.3) is 5.91 Å². The van der Waals surface area contributed by atoms with Crippen molar-refractivity contribution in [2.75, 3.05) is 13.7 Å². The summed E-state index contributed by atoms with van der Waals surface area (Å²) in [5.41, 5.74) is 0.592. The molecule has 33 heavy (non-hydrogen) atoms.